The van der Waals surface area contributed by atoms with Crippen molar-refractivity contribution in [1.82, 2.24) is 9.80 Å². The second kappa shape index (κ2) is 7.37. The molecule has 2 aliphatic heterocycles. The summed E-state index contributed by atoms with van der Waals surface area (Å²) in [5, 5.41) is 9.20. The molecule has 1 amide bonds. The Kier molecular flexibility index (Phi) is 5.16. The smallest absolute Gasteiger partial charge is 0.230 e. The lowest BCUT2D eigenvalue weighted by molar-refractivity contribution is -0.146. The van der Waals surface area contributed by atoms with Gasteiger partial charge in [-0.25, -0.2) is 0 Å². The van der Waals surface area contributed by atoms with E-state index in [1.165, 1.54) is 30.6 Å². The number of piperidine rings is 1. The minimum Gasteiger partial charge on any atom is -0.395 e. The van der Waals surface area contributed by atoms with Gasteiger partial charge in [-0.05, 0) is 56.7 Å². The van der Waals surface area contributed by atoms with E-state index in [-0.39, 0.29) is 17.9 Å². The number of carbonyl (C=O) groups is 1. The molecule has 1 aromatic heterocycles. The quantitative estimate of drug-likeness (QED) is 0.875. The molecule has 4 rings (SSSR count). The van der Waals surface area contributed by atoms with Gasteiger partial charge in [0.25, 0.3) is 0 Å². The molecular weight excluding hydrogens is 332 g/mol. The number of hydrogen-bond acceptors (Lipinski definition) is 4. The van der Waals surface area contributed by atoms with Crippen LogP contribution in [0.1, 0.15) is 60.6 Å². The molecule has 4 nitrogen and oxygen atoms in total. The maximum absolute atomic E-state index is 12.9. The first-order valence-corrected chi connectivity index (χ1v) is 10.7. The first-order chi connectivity index (χ1) is 12.2. The number of likely N-dealkylation sites (tertiary alicyclic amines) is 2. The largest absolute Gasteiger partial charge is 0.395 e. The van der Waals surface area contributed by atoms with Crippen molar-refractivity contribution in [3.05, 3.63) is 21.9 Å². The molecule has 1 atom stereocenters. The molecule has 1 spiro atoms. The average Bonchev–Trinajstić information content (AvgIpc) is 3.34. The van der Waals surface area contributed by atoms with Crippen LogP contribution in [0.3, 0.4) is 0 Å². The SMILES string of the molecule is O=C1N(CCO)CCC[C@@]12CCN(Cc1ccc(C3CCCC3)s1)C2. The van der Waals surface area contributed by atoms with E-state index >= 15 is 0 Å². The Morgan fingerprint density at radius 2 is 2.00 bits per heavy atom. The molecule has 5 heteroatoms. The average molecular weight is 363 g/mol. The maximum Gasteiger partial charge on any atom is 0.230 e. The molecule has 3 heterocycles. The van der Waals surface area contributed by atoms with Gasteiger partial charge >= 0.3 is 0 Å². The number of aliphatic hydroxyl groups is 1. The first kappa shape index (κ1) is 17.5. The van der Waals surface area contributed by atoms with Crippen LogP contribution in [-0.2, 0) is 11.3 Å². The molecule has 0 aromatic carbocycles. The lowest BCUT2D eigenvalue weighted by Gasteiger charge is -2.39. The summed E-state index contributed by atoms with van der Waals surface area (Å²) in [6, 6.07) is 4.65. The summed E-state index contributed by atoms with van der Waals surface area (Å²) in [4.78, 5) is 20.3. The fraction of sp³-hybridized carbons (Fsp3) is 0.750. The molecule has 1 saturated carbocycles. The summed E-state index contributed by atoms with van der Waals surface area (Å²) in [5.74, 6) is 1.09. The Hall–Kier alpha value is -0.910. The van der Waals surface area contributed by atoms with Crippen LogP contribution in [0.15, 0.2) is 12.1 Å². The highest BCUT2D eigenvalue weighted by molar-refractivity contribution is 7.12. The third kappa shape index (κ3) is 3.51. The highest BCUT2D eigenvalue weighted by Gasteiger charge is 2.48. The lowest BCUT2D eigenvalue weighted by Crippen LogP contribution is -2.50. The van der Waals surface area contributed by atoms with Crippen molar-refractivity contribution in [1.29, 1.82) is 0 Å². The molecule has 25 heavy (non-hydrogen) atoms. The lowest BCUT2D eigenvalue weighted by atomic mass is 9.78. The van der Waals surface area contributed by atoms with Gasteiger partial charge in [0.1, 0.15) is 0 Å². The number of nitrogens with zero attached hydrogens (tertiary/aromatic N) is 2. The van der Waals surface area contributed by atoms with Crippen molar-refractivity contribution < 1.29 is 9.90 Å². The van der Waals surface area contributed by atoms with E-state index in [2.05, 4.69) is 17.0 Å². The van der Waals surface area contributed by atoms with E-state index in [0.717, 1.165) is 51.4 Å². The van der Waals surface area contributed by atoms with Gasteiger partial charge in [-0.3, -0.25) is 9.69 Å². The number of β-amino-alcohol motifs (C(OH)–C–C–N with tert-alkyl or cyclic N) is 1. The normalized spacial score (nSPS) is 28.5. The molecule has 2 saturated heterocycles. The van der Waals surface area contributed by atoms with Gasteiger partial charge in [0.2, 0.25) is 5.91 Å². The van der Waals surface area contributed by atoms with Crippen LogP contribution in [0.4, 0.5) is 0 Å². The molecule has 1 N–H and O–H groups in total. The number of rotatable bonds is 5. The number of carbonyl (C=O) groups excluding carboxylic acids is 1. The van der Waals surface area contributed by atoms with E-state index in [0.29, 0.717) is 6.54 Å². The van der Waals surface area contributed by atoms with Crippen molar-refractivity contribution >= 4 is 17.2 Å². The fourth-order valence-corrected chi connectivity index (χ4v) is 6.31. The van der Waals surface area contributed by atoms with Crippen molar-refractivity contribution in [3.8, 4) is 0 Å². The van der Waals surface area contributed by atoms with Crippen LogP contribution in [-0.4, -0.2) is 53.6 Å². The second-order valence-corrected chi connectivity index (χ2v) is 9.35. The molecule has 3 fully saturated rings. The number of hydrogen-bond donors (Lipinski definition) is 1. The van der Waals surface area contributed by atoms with Crippen LogP contribution >= 0.6 is 11.3 Å². The van der Waals surface area contributed by atoms with Gasteiger partial charge in [0.15, 0.2) is 0 Å². The predicted molar refractivity (Wildman–Crippen MR) is 101 cm³/mol. The molecular formula is C20H30N2O2S. The van der Waals surface area contributed by atoms with E-state index in [9.17, 15) is 9.90 Å². The molecule has 0 radical (unpaired) electrons. The zero-order chi connectivity index (χ0) is 17.3. The Morgan fingerprint density at radius 1 is 1.16 bits per heavy atom. The Balaban J connectivity index is 1.38. The van der Waals surface area contributed by atoms with Crippen LogP contribution in [0.2, 0.25) is 0 Å². The third-order valence-electron chi connectivity index (χ3n) is 6.45. The van der Waals surface area contributed by atoms with Crippen molar-refractivity contribution in [2.75, 3.05) is 32.8 Å². The zero-order valence-corrected chi connectivity index (χ0v) is 15.9. The molecule has 138 valence electrons. The summed E-state index contributed by atoms with van der Waals surface area (Å²) in [7, 11) is 0. The van der Waals surface area contributed by atoms with E-state index < -0.39 is 0 Å². The van der Waals surface area contributed by atoms with Crippen LogP contribution in [0.5, 0.6) is 0 Å². The molecule has 1 aromatic rings. The van der Waals surface area contributed by atoms with E-state index in [4.69, 9.17) is 0 Å². The second-order valence-electron chi connectivity index (χ2n) is 8.15. The Bertz CT molecular complexity index is 609. The van der Waals surface area contributed by atoms with Crippen molar-refractivity contribution in [3.63, 3.8) is 0 Å². The van der Waals surface area contributed by atoms with Crippen molar-refractivity contribution in [2.45, 2.75) is 57.4 Å². The number of thiophene rings is 1. The van der Waals surface area contributed by atoms with Gasteiger partial charge in [0.05, 0.1) is 12.0 Å². The molecule has 0 unspecified atom stereocenters. The van der Waals surface area contributed by atoms with Gasteiger partial charge < -0.3 is 10.0 Å². The van der Waals surface area contributed by atoms with Crippen LogP contribution < -0.4 is 0 Å². The fourth-order valence-electron chi connectivity index (χ4n) is 5.09. The van der Waals surface area contributed by atoms with Gasteiger partial charge in [-0.15, -0.1) is 11.3 Å². The third-order valence-corrected chi connectivity index (χ3v) is 7.68. The first-order valence-electron chi connectivity index (χ1n) is 9.91. The van der Waals surface area contributed by atoms with Gasteiger partial charge in [-0.2, -0.15) is 0 Å². The number of amides is 1. The standard InChI is InChI=1S/C20H30N2O2S/c23-13-12-22-10-3-8-20(19(22)24)9-11-21(15-20)14-17-6-7-18(25-17)16-4-1-2-5-16/h6-7,16,23H,1-5,8-15H2/t20-/m0/s1. The van der Waals surface area contributed by atoms with Crippen molar-refractivity contribution in [2.24, 2.45) is 5.41 Å². The molecule has 3 aliphatic rings. The van der Waals surface area contributed by atoms with Crippen LogP contribution in [0, 0.1) is 5.41 Å². The van der Waals surface area contributed by atoms with E-state index in [1.54, 1.807) is 4.88 Å². The van der Waals surface area contributed by atoms with Crippen LogP contribution in [0.25, 0.3) is 0 Å². The topological polar surface area (TPSA) is 43.8 Å². The highest BCUT2D eigenvalue weighted by atomic mass is 32.1. The maximum atomic E-state index is 12.9. The minimum absolute atomic E-state index is 0.0741. The Morgan fingerprint density at radius 3 is 2.80 bits per heavy atom. The summed E-state index contributed by atoms with van der Waals surface area (Å²) in [5.41, 5.74) is -0.182. The number of aliphatic hydroxyl groups excluding tert-OH is 1. The summed E-state index contributed by atoms with van der Waals surface area (Å²) < 4.78 is 0. The zero-order valence-electron chi connectivity index (χ0n) is 15.1. The van der Waals surface area contributed by atoms with Gasteiger partial charge in [-0.1, -0.05) is 12.8 Å². The molecule has 0 bridgehead atoms. The predicted octanol–water partition coefficient (Wildman–Crippen LogP) is 3.21. The highest BCUT2D eigenvalue weighted by Crippen LogP contribution is 2.42. The minimum atomic E-state index is -0.182. The monoisotopic (exact) mass is 362 g/mol. The summed E-state index contributed by atoms with van der Waals surface area (Å²) in [6.07, 6.45) is 8.57. The van der Waals surface area contributed by atoms with Gasteiger partial charge in [0, 0.05) is 35.9 Å². The molecule has 1 aliphatic carbocycles. The summed E-state index contributed by atoms with van der Waals surface area (Å²) >= 11 is 1.99. The Labute approximate surface area is 154 Å². The van der Waals surface area contributed by atoms with E-state index in [1.807, 2.05) is 16.2 Å². The summed E-state index contributed by atoms with van der Waals surface area (Å²) in [6.45, 7) is 4.30.